The standard InChI is InChI=1S/C20H27N3O3S/c1-5-10-23(15-8-9-21-12-15)20(24)18-13(2)22-19(27-18)14-6-7-16(25-3)17(11-14)26-4/h6-7,11,15,21H,5,8-10,12H2,1-4H3. The van der Waals surface area contributed by atoms with E-state index in [0.29, 0.717) is 11.5 Å². The number of benzene rings is 1. The van der Waals surface area contributed by atoms with Crippen LogP contribution in [0, 0.1) is 6.92 Å². The molecule has 1 fully saturated rings. The molecule has 2 aromatic rings. The Morgan fingerprint density at radius 3 is 2.74 bits per heavy atom. The molecule has 1 aromatic carbocycles. The largest absolute Gasteiger partial charge is 0.493 e. The van der Waals surface area contributed by atoms with Gasteiger partial charge in [0.25, 0.3) is 5.91 Å². The Morgan fingerprint density at radius 1 is 1.33 bits per heavy atom. The van der Waals surface area contributed by atoms with Crippen molar-refractivity contribution in [2.45, 2.75) is 32.7 Å². The molecule has 6 nitrogen and oxygen atoms in total. The number of nitrogens with zero attached hydrogens (tertiary/aromatic N) is 2. The van der Waals surface area contributed by atoms with Crippen molar-refractivity contribution in [1.82, 2.24) is 15.2 Å². The molecular formula is C20H27N3O3S. The number of rotatable bonds is 7. The second kappa shape index (κ2) is 8.71. The summed E-state index contributed by atoms with van der Waals surface area (Å²) in [4.78, 5) is 20.6. The molecule has 1 aromatic heterocycles. The molecule has 27 heavy (non-hydrogen) atoms. The summed E-state index contributed by atoms with van der Waals surface area (Å²) >= 11 is 1.45. The minimum atomic E-state index is 0.0901. The SMILES string of the molecule is CCCN(C(=O)c1sc(-c2ccc(OC)c(OC)c2)nc1C)C1CCNC1. The van der Waals surface area contributed by atoms with Crippen LogP contribution in [-0.2, 0) is 0 Å². The van der Waals surface area contributed by atoms with E-state index in [1.54, 1.807) is 14.2 Å². The first-order valence-electron chi connectivity index (χ1n) is 9.30. The van der Waals surface area contributed by atoms with Crippen molar-refractivity contribution in [3.8, 4) is 22.1 Å². The number of aryl methyl sites for hydroxylation is 1. The smallest absolute Gasteiger partial charge is 0.266 e. The number of methoxy groups -OCH3 is 2. The summed E-state index contributed by atoms with van der Waals surface area (Å²) < 4.78 is 10.7. The van der Waals surface area contributed by atoms with Gasteiger partial charge in [0.15, 0.2) is 11.5 Å². The molecule has 1 amide bonds. The molecule has 2 heterocycles. The van der Waals surface area contributed by atoms with E-state index in [4.69, 9.17) is 9.47 Å². The highest BCUT2D eigenvalue weighted by Gasteiger charge is 2.29. The maximum absolute atomic E-state index is 13.2. The van der Waals surface area contributed by atoms with Crippen molar-refractivity contribution >= 4 is 17.2 Å². The maximum atomic E-state index is 13.2. The van der Waals surface area contributed by atoms with Crippen molar-refractivity contribution in [1.29, 1.82) is 0 Å². The van der Waals surface area contributed by atoms with Crippen LogP contribution in [0.2, 0.25) is 0 Å². The Morgan fingerprint density at radius 2 is 2.11 bits per heavy atom. The minimum Gasteiger partial charge on any atom is -0.493 e. The summed E-state index contributed by atoms with van der Waals surface area (Å²) in [7, 11) is 3.23. The summed E-state index contributed by atoms with van der Waals surface area (Å²) in [6.07, 6.45) is 1.95. The highest BCUT2D eigenvalue weighted by molar-refractivity contribution is 7.17. The predicted molar refractivity (Wildman–Crippen MR) is 108 cm³/mol. The van der Waals surface area contributed by atoms with Gasteiger partial charge in [-0.1, -0.05) is 6.92 Å². The lowest BCUT2D eigenvalue weighted by molar-refractivity contribution is 0.0696. The molecule has 1 aliphatic rings. The van der Waals surface area contributed by atoms with Crippen LogP contribution in [0.4, 0.5) is 0 Å². The van der Waals surface area contributed by atoms with Gasteiger partial charge in [0, 0.05) is 24.7 Å². The van der Waals surface area contributed by atoms with Crippen LogP contribution in [0.15, 0.2) is 18.2 Å². The molecule has 1 unspecified atom stereocenters. The Bertz CT molecular complexity index is 800. The Balaban J connectivity index is 1.90. The zero-order valence-corrected chi connectivity index (χ0v) is 17.2. The van der Waals surface area contributed by atoms with E-state index in [9.17, 15) is 4.79 Å². The number of amides is 1. The topological polar surface area (TPSA) is 63.7 Å². The Kier molecular flexibility index (Phi) is 6.34. The average Bonchev–Trinajstić information content (AvgIpc) is 3.35. The molecule has 1 saturated heterocycles. The van der Waals surface area contributed by atoms with Gasteiger partial charge >= 0.3 is 0 Å². The van der Waals surface area contributed by atoms with Gasteiger partial charge in [-0.15, -0.1) is 11.3 Å². The number of nitrogens with one attached hydrogen (secondary N) is 1. The molecule has 1 atom stereocenters. The summed E-state index contributed by atoms with van der Waals surface area (Å²) in [6, 6.07) is 5.97. The van der Waals surface area contributed by atoms with Crippen LogP contribution in [0.5, 0.6) is 11.5 Å². The van der Waals surface area contributed by atoms with Gasteiger partial charge in [0.05, 0.1) is 19.9 Å². The van der Waals surface area contributed by atoms with Gasteiger partial charge in [-0.25, -0.2) is 4.98 Å². The van der Waals surface area contributed by atoms with Gasteiger partial charge in [0.2, 0.25) is 0 Å². The van der Waals surface area contributed by atoms with Gasteiger partial charge in [0.1, 0.15) is 9.88 Å². The van der Waals surface area contributed by atoms with Crippen LogP contribution in [0.25, 0.3) is 10.6 Å². The number of hydrogen-bond acceptors (Lipinski definition) is 6. The lowest BCUT2D eigenvalue weighted by atomic mass is 10.2. The van der Waals surface area contributed by atoms with Crippen LogP contribution < -0.4 is 14.8 Å². The number of ether oxygens (including phenoxy) is 2. The van der Waals surface area contributed by atoms with E-state index in [1.165, 1.54) is 11.3 Å². The fraction of sp³-hybridized carbons (Fsp3) is 0.500. The number of thiazole rings is 1. The number of carbonyl (C=O) groups is 1. The first kappa shape index (κ1) is 19.6. The lowest BCUT2D eigenvalue weighted by Crippen LogP contribution is -2.42. The van der Waals surface area contributed by atoms with E-state index in [0.717, 1.165) is 53.6 Å². The first-order valence-corrected chi connectivity index (χ1v) is 10.1. The number of aromatic nitrogens is 1. The van der Waals surface area contributed by atoms with E-state index in [1.807, 2.05) is 30.0 Å². The second-order valence-electron chi connectivity index (χ2n) is 6.65. The number of hydrogen-bond donors (Lipinski definition) is 1. The molecule has 1 aliphatic heterocycles. The average molecular weight is 390 g/mol. The summed E-state index contributed by atoms with van der Waals surface area (Å²) in [5.74, 6) is 1.42. The van der Waals surface area contributed by atoms with Crippen LogP contribution >= 0.6 is 11.3 Å². The van der Waals surface area contributed by atoms with E-state index in [2.05, 4.69) is 17.2 Å². The molecule has 0 radical (unpaired) electrons. The van der Waals surface area contributed by atoms with Crippen LogP contribution in [0.3, 0.4) is 0 Å². The van der Waals surface area contributed by atoms with E-state index in [-0.39, 0.29) is 11.9 Å². The third-order valence-corrected chi connectivity index (χ3v) is 6.02. The third-order valence-electron chi connectivity index (χ3n) is 4.82. The van der Waals surface area contributed by atoms with Crippen molar-refractivity contribution in [3.63, 3.8) is 0 Å². The lowest BCUT2D eigenvalue weighted by Gasteiger charge is -2.27. The summed E-state index contributed by atoms with van der Waals surface area (Å²) in [5.41, 5.74) is 1.70. The fourth-order valence-electron chi connectivity index (χ4n) is 3.41. The third kappa shape index (κ3) is 4.09. The molecule has 7 heteroatoms. The van der Waals surface area contributed by atoms with Crippen molar-refractivity contribution in [3.05, 3.63) is 28.8 Å². The zero-order chi connectivity index (χ0) is 19.4. The summed E-state index contributed by atoms with van der Waals surface area (Å²) in [5, 5.41) is 4.17. The van der Waals surface area contributed by atoms with Crippen molar-refractivity contribution < 1.29 is 14.3 Å². The monoisotopic (exact) mass is 389 g/mol. The normalized spacial score (nSPS) is 16.4. The van der Waals surface area contributed by atoms with Crippen molar-refractivity contribution in [2.75, 3.05) is 33.9 Å². The predicted octanol–water partition coefficient (Wildman–Crippen LogP) is 3.35. The zero-order valence-electron chi connectivity index (χ0n) is 16.4. The number of carbonyl (C=O) groups excluding carboxylic acids is 1. The Labute approximate surface area is 164 Å². The fourth-order valence-corrected chi connectivity index (χ4v) is 4.43. The molecule has 0 aliphatic carbocycles. The van der Waals surface area contributed by atoms with Crippen LogP contribution in [0.1, 0.15) is 35.1 Å². The second-order valence-corrected chi connectivity index (χ2v) is 7.65. The highest BCUT2D eigenvalue weighted by atomic mass is 32.1. The molecule has 146 valence electrons. The van der Waals surface area contributed by atoms with Gasteiger partial charge in [-0.05, 0) is 44.5 Å². The summed E-state index contributed by atoms with van der Waals surface area (Å²) in [6.45, 7) is 6.62. The van der Waals surface area contributed by atoms with Crippen molar-refractivity contribution in [2.24, 2.45) is 0 Å². The minimum absolute atomic E-state index is 0.0901. The molecule has 0 bridgehead atoms. The van der Waals surface area contributed by atoms with Crippen LogP contribution in [-0.4, -0.2) is 55.7 Å². The molecule has 3 rings (SSSR count). The van der Waals surface area contributed by atoms with E-state index >= 15 is 0 Å². The van der Waals surface area contributed by atoms with Gasteiger partial charge < -0.3 is 19.7 Å². The molecular weight excluding hydrogens is 362 g/mol. The van der Waals surface area contributed by atoms with E-state index < -0.39 is 0 Å². The first-order chi connectivity index (χ1) is 13.1. The van der Waals surface area contributed by atoms with Gasteiger partial charge in [-0.3, -0.25) is 4.79 Å². The quantitative estimate of drug-likeness (QED) is 0.787. The molecule has 1 N–H and O–H groups in total. The molecule has 0 spiro atoms. The Hall–Kier alpha value is -2.12. The maximum Gasteiger partial charge on any atom is 0.266 e. The van der Waals surface area contributed by atoms with Gasteiger partial charge in [-0.2, -0.15) is 0 Å². The molecule has 0 saturated carbocycles. The highest BCUT2D eigenvalue weighted by Crippen LogP contribution is 2.35.